The highest BCUT2D eigenvalue weighted by Crippen LogP contribution is 2.14. The van der Waals surface area contributed by atoms with Gasteiger partial charge in [-0.1, -0.05) is 103 Å². The van der Waals surface area contributed by atoms with Gasteiger partial charge in [0.1, 0.15) is 32.5 Å². The Kier molecular flexibility index (Phi) is 54.5. The van der Waals surface area contributed by atoms with Gasteiger partial charge in [-0.3, -0.25) is 43.7 Å². The number of unbranched alkanes of at least 4 members (excludes halogenated alkanes) is 16. The van der Waals surface area contributed by atoms with E-state index in [4.69, 9.17) is 48.1 Å². The summed E-state index contributed by atoms with van der Waals surface area (Å²) < 4.78 is 45.2. The molecule has 76 heavy (non-hydrogen) atoms. The molecule has 0 bridgehead atoms. The van der Waals surface area contributed by atoms with Gasteiger partial charge in [0.05, 0.1) is 79.3 Å². The van der Waals surface area contributed by atoms with E-state index in [0.29, 0.717) is 58.4 Å². The molecule has 0 saturated carbocycles. The van der Waals surface area contributed by atoms with Crippen molar-refractivity contribution in [3.05, 3.63) is 0 Å². The lowest BCUT2D eigenvalue weighted by Gasteiger charge is -2.10. The van der Waals surface area contributed by atoms with Crippen LogP contribution in [-0.4, -0.2) is 196 Å². The molecule has 0 aromatic rings. The fourth-order valence-electron chi connectivity index (χ4n) is 6.87. The van der Waals surface area contributed by atoms with E-state index < -0.39 is 18.0 Å². The van der Waals surface area contributed by atoms with Crippen LogP contribution in [0, 0.1) is 0 Å². The maximum absolute atomic E-state index is 12.0. The molecule has 0 radical (unpaired) electrons. The number of rotatable bonds is 60. The third-order valence-corrected chi connectivity index (χ3v) is 11.3. The zero-order valence-electron chi connectivity index (χ0n) is 45.2. The Morgan fingerprint density at radius 2 is 0.684 bits per heavy atom. The van der Waals surface area contributed by atoms with Gasteiger partial charge >= 0.3 is 11.9 Å². The van der Waals surface area contributed by atoms with Crippen LogP contribution < -0.4 is 42.4 Å². The molecule has 0 rings (SSSR count). The first kappa shape index (κ1) is 72.2. The number of ether oxygens (including phenoxy) is 8. The molecule has 10 N–H and O–H groups in total. The van der Waals surface area contributed by atoms with Crippen molar-refractivity contribution < 1.29 is 81.7 Å². The molecule has 5 amide bonds. The first-order valence-electron chi connectivity index (χ1n) is 27.3. The number of amides is 5. The molecule has 0 aromatic heterocycles. The van der Waals surface area contributed by atoms with Crippen LogP contribution in [0.25, 0.3) is 0 Å². The molecule has 0 aliphatic heterocycles. The van der Waals surface area contributed by atoms with Gasteiger partial charge in [0, 0.05) is 45.6 Å². The van der Waals surface area contributed by atoms with Gasteiger partial charge in [-0.15, -0.1) is 0 Å². The second-order valence-corrected chi connectivity index (χ2v) is 18.0. The van der Waals surface area contributed by atoms with E-state index in [0.717, 1.165) is 38.5 Å². The van der Waals surface area contributed by atoms with Crippen molar-refractivity contribution >= 4 is 54.3 Å². The Morgan fingerprint density at radius 3 is 1.04 bits per heavy atom. The Labute approximate surface area is 456 Å². The molecule has 0 aliphatic rings. The average Bonchev–Trinajstić information content (AvgIpc) is 3.39. The smallest absolute Gasteiger partial charge is 0.321 e. The minimum Gasteiger partial charge on any atom is -0.481 e. The molecule has 25 nitrogen and oxygen atoms in total. The summed E-state index contributed by atoms with van der Waals surface area (Å²) in [4.78, 5) is 81.0. The molecule has 0 spiro atoms. The topological polar surface area (TPSA) is 330 Å². The summed E-state index contributed by atoms with van der Waals surface area (Å²) in [5.41, 5.74) is 8.20. The lowest BCUT2D eigenvalue weighted by molar-refractivity contribution is -0.139. The molecule has 0 fully saturated rings. The van der Waals surface area contributed by atoms with Gasteiger partial charge < -0.3 is 69.4 Å². The fourth-order valence-corrected chi connectivity index (χ4v) is 7.11. The number of aliphatic carboxylic acids is 2. The van der Waals surface area contributed by atoms with Crippen molar-refractivity contribution in [3.63, 3.8) is 0 Å². The van der Waals surface area contributed by atoms with Crippen LogP contribution in [0.1, 0.15) is 135 Å². The second kappa shape index (κ2) is 57.4. The number of carbonyl (C=O) groups excluding carboxylic acids is 5. The maximum atomic E-state index is 12.0. The fraction of sp³-hybridized carbons (Fsp3) is 0.860. The Morgan fingerprint density at radius 1 is 0.355 bits per heavy atom. The van der Waals surface area contributed by atoms with Crippen LogP contribution in [-0.2, 0) is 71.5 Å². The summed E-state index contributed by atoms with van der Waals surface area (Å²) in [5.74, 6) is -2.92. The largest absolute Gasteiger partial charge is 0.481 e. The average molecular weight is 1110 g/mol. The normalized spacial score (nSPS) is 11.5. The quantitative estimate of drug-likeness (QED) is 0.0235. The molecule has 0 heterocycles. The summed E-state index contributed by atoms with van der Waals surface area (Å²) in [5, 5.41) is 28.3. The number of thiol groups is 1. The van der Waals surface area contributed by atoms with E-state index in [1.54, 1.807) is 0 Å². The van der Waals surface area contributed by atoms with E-state index in [9.17, 15) is 33.6 Å². The highest BCUT2D eigenvalue weighted by Gasteiger charge is 2.14. The molecule has 444 valence electrons. The highest BCUT2D eigenvalue weighted by atomic mass is 32.1. The van der Waals surface area contributed by atoms with Crippen LogP contribution >= 0.6 is 12.8 Å². The number of nitrogens with one attached hydrogen (secondary N) is 8. The molecular weight excluding hydrogens is 1020 g/mol. The van der Waals surface area contributed by atoms with E-state index >= 15 is 0 Å². The van der Waals surface area contributed by atoms with Gasteiger partial charge in [0.15, 0.2) is 0 Å². The predicted octanol–water partition coefficient (Wildman–Crippen LogP) is 1.87. The molecule has 26 heteroatoms. The summed E-state index contributed by atoms with van der Waals surface area (Å²) >= 11 is 3.78. The minimum atomic E-state index is -0.972. The van der Waals surface area contributed by atoms with Crippen LogP contribution in [0.4, 0.5) is 0 Å². The highest BCUT2D eigenvalue weighted by molar-refractivity contribution is 7.78. The van der Waals surface area contributed by atoms with Gasteiger partial charge in [0.2, 0.25) is 29.5 Å². The number of carbonyl (C=O) groups is 7. The summed E-state index contributed by atoms with van der Waals surface area (Å²) in [6.07, 6.45) is 21.2. The number of carboxylic acids is 2. The molecule has 0 unspecified atom stereocenters. The van der Waals surface area contributed by atoms with Crippen molar-refractivity contribution in [2.45, 2.75) is 141 Å². The lowest BCUT2D eigenvalue weighted by atomic mass is 10.0. The molecular formula is C50H96N8O17S. The standard InChI is InChI=1S/C50H96N8O17S/c59-44(20-15-13-11-9-7-5-3-1-2-4-6-8-10-12-14-16-21-49(64)65)56-58-55-26-30-71-34-38-75-42-48(63)54-25-29-70-33-37-74-41-47(62)53-24-28-69-32-36-73-40-46(61)52-23-27-68-31-35-72-39-45(60)51-22-18-17-19-43(57-76)50(66)67/h43,55,57-58,76H,1-42H2,(H,51,60)(H,52,61)(H,53,62)(H,54,63)(H,56,59)(H,64,65)(H,66,67)/t43-/m0/s1. The molecule has 0 aliphatic carbocycles. The monoisotopic (exact) mass is 1110 g/mol. The first-order chi connectivity index (χ1) is 37.0. The van der Waals surface area contributed by atoms with Crippen molar-refractivity contribution in [2.24, 2.45) is 0 Å². The second-order valence-electron chi connectivity index (χ2n) is 17.7. The van der Waals surface area contributed by atoms with E-state index in [1.165, 1.54) is 64.2 Å². The lowest BCUT2D eigenvalue weighted by Crippen LogP contribution is -2.47. The van der Waals surface area contributed by atoms with Crippen LogP contribution in [0.15, 0.2) is 0 Å². The van der Waals surface area contributed by atoms with Gasteiger partial charge in [-0.25, -0.2) is 5.43 Å². The zero-order chi connectivity index (χ0) is 55.6. The zero-order valence-corrected chi connectivity index (χ0v) is 46.1. The predicted molar refractivity (Wildman–Crippen MR) is 286 cm³/mol. The first-order valence-corrected chi connectivity index (χ1v) is 27.8. The summed E-state index contributed by atoms with van der Waals surface area (Å²) in [6, 6.07) is -0.729. The van der Waals surface area contributed by atoms with Crippen molar-refractivity contribution in [1.82, 2.24) is 42.4 Å². The third kappa shape index (κ3) is 56.4. The molecule has 0 saturated heterocycles. The number of carboxylic acid groups (broad SMARTS) is 2. The van der Waals surface area contributed by atoms with Crippen molar-refractivity contribution in [2.75, 3.05) is 138 Å². The molecule has 0 aromatic carbocycles. The Hall–Kier alpha value is -3.80. The Bertz CT molecular complexity index is 1450. The third-order valence-electron chi connectivity index (χ3n) is 11.0. The summed E-state index contributed by atoms with van der Waals surface area (Å²) in [6.45, 7) is 4.20. The van der Waals surface area contributed by atoms with Gasteiger partial charge in [0.25, 0.3) is 0 Å². The van der Waals surface area contributed by atoms with E-state index in [-0.39, 0.29) is 142 Å². The van der Waals surface area contributed by atoms with Crippen LogP contribution in [0.5, 0.6) is 0 Å². The minimum absolute atomic E-state index is 0.0609. The van der Waals surface area contributed by atoms with Crippen molar-refractivity contribution in [3.8, 4) is 0 Å². The number of hydrogen-bond donors (Lipinski definition) is 11. The number of hydrogen-bond acceptors (Lipinski definition) is 19. The maximum Gasteiger partial charge on any atom is 0.321 e. The van der Waals surface area contributed by atoms with Crippen LogP contribution in [0.2, 0.25) is 0 Å². The Balaban J connectivity index is 3.37. The van der Waals surface area contributed by atoms with Crippen molar-refractivity contribution in [1.29, 1.82) is 0 Å². The van der Waals surface area contributed by atoms with Crippen LogP contribution in [0.3, 0.4) is 0 Å². The van der Waals surface area contributed by atoms with E-state index in [2.05, 4.69) is 55.2 Å². The van der Waals surface area contributed by atoms with Gasteiger partial charge in [-0.2, -0.15) is 5.53 Å². The van der Waals surface area contributed by atoms with E-state index in [1.807, 2.05) is 0 Å². The SMILES string of the molecule is O=C(O)CCCCCCCCCCCCCCCCCCC(=O)NNNCCOCCOCC(=O)NCCOCCOCC(=O)NCCOCCOCC(=O)NCCOCCOCC(=O)NCCCC[C@H](NS)C(=O)O. The van der Waals surface area contributed by atoms with Gasteiger partial charge in [-0.05, 0) is 32.1 Å². The molecule has 1 atom stereocenters. The summed E-state index contributed by atoms with van der Waals surface area (Å²) in [7, 11) is 0. The number of hydrazine groups is 2.